The van der Waals surface area contributed by atoms with Crippen LogP contribution in [-0.2, 0) is 6.54 Å². The summed E-state index contributed by atoms with van der Waals surface area (Å²) in [5.41, 5.74) is 2.27. The molecule has 5 nitrogen and oxygen atoms in total. The van der Waals surface area contributed by atoms with Gasteiger partial charge in [0.1, 0.15) is 29.6 Å². The molecule has 1 N–H and O–H groups in total. The summed E-state index contributed by atoms with van der Waals surface area (Å²) in [5, 5.41) is 4.23. The summed E-state index contributed by atoms with van der Waals surface area (Å²) in [6.07, 6.45) is 3.02. The molecular weight excluding hydrogens is 477 g/mol. The third-order valence-corrected chi connectivity index (χ3v) is 6.26. The van der Waals surface area contributed by atoms with Crippen molar-refractivity contribution in [2.75, 3.05) is 5.32 Å². The van der Waals surface area contributed by atoms with E-state index in [0.717, 1.165) is 47.0 Å². The van der Waals surface area contributed by atoms with Gasteiger partial charge in [0.05, 0.1) is 11.1 Å². The molecule has 1 fully saturated rings. The lowest BCUT2D eigenvalue weighted by atomic mass is 10.00. The fourth-order valence-electron chi connectivity index (χ4n) is 4.32. The summed E-state index contributed by atoms with van der Waals surface area (Å²) in [6.45, 7) is 6.11. The van der Waals surface area contributed by atoms with Gasteiger partial charge in [0.25, 0.3) is 5.91 Å². The number of anilines is 1. The number of benzene rings is 3. The van der Waals surface area contributed by atoms with Gasteiger partial charge in [0, 0.05) is 35.1 Å². The Morgan fingerprint density at radius 1 is 0.946 bits per heavy atom. The van der Waals surface area contributed by atoms with E-state index in [1.807, 2.05) is 39.0 Å². The SMILES string of the molecule is CC(C)(C)Nc1ncnc2ccc(-c3ccc(F)c(CN(C(=O)c4ccc(F)cc4F)C4CC4)c3)cc12. The topological polar surface area (TPSA) is 58.1 Å². The second-order valence-corrected chi connectivity index (χ2v) is 10.4. The third-order valence-electron chi connectivity index (χ3n) is 6.26. The lowest BCUT2D eigenvalue weighted by Gasteiger charge is -2.24. The van der Waals surface area contributed by atoms with Crippen molar-refractivity contribution >= 4 is 22.6 Å². The Bertz CT molecular complexity index is 1490. The Morgan fingerprint density at radius 3 is 2.38 bits per heavy atom. The summed E-state index contributed by atoms with van der Waals surface area (Å²) in [6, 6.07) is 13.3. The van der Waals surface area contributed by atoms with Crippen molar-refractivity contribution in [2.45, 2.75) is 51.7 Å². The highest BCUT2D eigenvalue weighted by Gasteiger charge is 2.34. The highest BCUT2D eigenvalue weighted by Crippen LogP contribution is 2.33. The molecule has 1 saturated carbocycles. The molecule has 0 unspecified atom stereocenters. The molecule has 0 bridgehead atoms. The first kappa shape index (κ1) is 24.7. The van der Waals surface area contributed by atoms with Crippen LogP contribution in [-0.4, -0.2) is 32.4 Å². The third kappa shape index (κ3) is 5.43. The van der Waals surface area contributed by atoms with Crippen LogP contribution >= 0.6 is 0 Å². The van der Waals surface area contributed by atoms with Gasteiger partial charge in [-0.05, 0) is 81.1 Å². The van der Waals surface area contributed by atoms with Crippen molar-refractivity contribution in [3.05, 3.63) is 89.5 Å². The van der Waals surface area contributed by atoms with Crippen LogP contribution in [0, 0.1) is 17.5 Å². The van der Waals surface area contributed by atoms with Gasteiger partial charge in [0.2, 0.25) is 0 Å². The maximum Gasteiger partial charge on any atom is 0.257 e. The number of halogens is 3. The van der Waals surface area contributed by atoms with Crippen molar-refractivity contribution in [1.29, 1.82) is 0 Å². The molecule has 0 radical (unpaired) electrons. The van der Waals surface area contributed by atoms with Crippen LogP contribution in [0.15, 0.2) is 60.9 Å². The van der Waals surface area contributed by atoms with Gasteiger partial charge in [-0.1, -0.05) is 12.1 Å². The van der Waals surface area contributed by atoms with Gasteiger partial charge < -0.3 is 10.2 Å². The van der Waals surface area contributed by atoms with E-state index in [9.17, 15) is 18.0 Å². The first-order valence-corrected chi connectivity index (χ1v) is 12.2. The fraction of sp³-hybridized carbons (Fsp3) is 0.276. The second kappa shape index (κ2) is 9.50. The van der Waals surface area contributed by atoms with E-state index in [0.29, 0.717) is 17.4 Å². The lowest BCUT2D eigenvalue weighted by molar-refractivity contribution is 0.0723. The van der Waals surface area contributed by atoms with E-state index in [1.54, 1.807) is 12.1 Å². The van der Waals surface area contributed by atoms with E-state index >= 15 is 0 Å². The Labute approximate surface area is 213 Å². The van der Waals surface area contributed by atoms with Crippen LogP contribution in [0.3, 0.4) is 0 Å². The molecule has 0 saturated heterocycles. The van der Waals surface area contributed by atoms with Crippen LogP contribution in [0.25, 0.3) is 22.0 Å². The number of aromatic nitrogens is 2. The molecule has 1 amide bonds. The maximum atomic E-state index is 14.9. The molecule has 5 rings (SSSR count). The van der Waals surface area contributed by atoms with Gasteiger partial charge in [-0.3, -0.25) is 4.79 Å². The van der Waals surface area contributed by atoms with E-state index < -0.39 is 23.4 Å². The average Bonchev–Trinajstić information content (AvgIpc) is 3.67. The van der Waals surface area contributed by atoms with Crippen molar-refractivity contribution < 1.29 is 18.0 Å². The molecular formula is C29H27F3N4O. The van der Waals surface area contributed by atoms with Crippen molar-refractivity contribution in [2.24, 2.45) is 0 Å². The van der Waals surface area contributed by atoms with Crippen molar-refractivity contribution in [3.63, 3.8) is 0 Å². The first-order chi connectivity index (χ1) is 17.6. The van der Waals surface area contributed by atoms with E-state index in [-0.39, 0.29) is 23.7 Å². The molecule has 190 valence electrons. The van der Waals surface area contributed by atoms with Crippen LogP contribution in [0.1, 0.15) is 49.5 Å². The van der Waals surface area contributed by atoms with Gasteiger partial charge in [-0.25, -0.2) is 23.1 Å². The number of hydrogen-bond donors (Lipinski definition) is 1. The van der Waals surface area contributed by atoms with Crippen LogP contribution < -0.4 is 5.32 Å². The van der Waals surface area contributed by atoms with Crippen molar-refractivity contribution in [3.8, 4) is 11.1 Å². The van der Waals surface area contributed by atoms with Crippen LogP contribution in [0.4, 0.5) is 19.0 Å². The van der Waals surface area contributed by atoms with E-state index in [1.165, 1.54) is 17.3 Å². The number of hydrogen-bond acceptors (Lipinski definition) is 4. The molecule has 0 atom stereocenters. The highest BCUT2D eigenvalue weighted by atomic mass is 19.1. The number of carbonyl (C=O) groups is 1. The van der Waals surface area contributed by atoms with E-state index in [2.05, 4.69) is 15.3 Å². The zero-order chi connectivity index (χ0) is 26.3. The van der Waals surface area contributed by atoms with E-state index in [4.69, 9.17) is 0 Å². The number of fused-ring (bicyclic) bond motifs is 1. The molecule has 1 aromatic heterocycles. The number of nitrogens with one attached hydrogen (secondary N) is 1. The second-order valence-electron chi connectivity index (χ2n) is 10.4. The lowest BCUT2D eigenvalue weighted by Crippen LogP contribution is -2.33. The Kier molecular flexibility index (Phi) is 6.35. The summed E-state index contributed by atoms with van der Waals surface area (Å²) in [4.78, 5) is 23.4. The number of amides is 1. The van der Waals surface area contributed by atoms with Gasteiger partial charge >= 0.3 is 0 Å². The zero-order valence-electron chi connectivity index (χ0n) is 20.9. The molecule has 1 aliphatic carbocycles. The maximum absolute atomic E-state index is 14.9. The fourth-order valence-corrected chi connectivity index (χ4v) is 4.32. The highest BCUT2D eigenvalue weighted by molar-refractivity contribution is 5.95. The van der Waals surface area contributed by atoms with Crippen molar-refractivity contribution in [1.82, 2.24) is 14.9 Å². The minimum Gasteiger partial charge on any atom is -0.365 e. The zero-order valence-corrected chi connectivity index (χ0v) is 20.9. The quantitative estimate of drug-likeness (QED) is 0.316. The molecule has 3 aromatic carbocycles. The minimum atomic E-state index is -0.928. The standard InChI is InChI=1S/C29H27F3N4O/c1-29(2,3)35-27-23-13-18(5-11-26(23)33-16-34-27)17-4-10-24(31)19(12-17)15-36(21-7-8-21)28(37)22-9-6-20(30)14-25(22)32/h4-6,9-14,16,21H,7-8,15H2,1-3H3,(H,33,34,35). The molecule has 1 aliphatic rings. The molecule has 8 heteroatoms. The predicted octanol–water partition coefficient (Wildman–Crippen LogP) is 6.73. The van der Waals surface area contributed by atoms with Crippen LogP contribution in [0.5, 0.6) is 0 Å². The van der Waals surface area contributed by atoms with Gasteiger partial charge in [-0.15, -0.1) is 0 Å². The summed E-state index contributed by atoms with van der Waals surface area (Å²) < 4.78 is 42.6. The number of rotatable bonds is 6. The Hall–Kier alpha value is -3.94. The van der Waals surface area contributed by atoms with Gasteiger partial charge in [-0.2, -0.15) is 0 Å². The molecule has 0 spiro atoms. The summed E-state index contributed by atoms with van der Waals surface area (Å²) in [5.74, 6) is -2.02. The average molecular weight is 505 g/mol. The number of carbonyl (C=O) groups excluding carboxylic acids is 1. The Balaban J connectivity index is 1.48. The normalized spacial score (nSPS) is 13.6. The molecule has 0 aliphatic heterocycles. The van der Waals surface area contributed by atoms with Crippen LogP contribution in [0.2, 0.25) is 0 Å². The summed E-state index contributed by atoms with van der Waals surface area (Å²) in [7, 11) is 0. The smallest absolute Gasteiger partial charge is 0.257 e. The first-order valence-electron chi connectivity index (χ1n) is 12.2. The largest absolute Gasteiger partial charge is 0.365 e. The molecule has 4 aromatic rings. The molecule has 37 heavy (non-hydrogen) atoms. The summed E-state index contributed by atoms with van der Waals surface area (Å²) >= 11 is 0. The monoisotopic (exact) mass is 504 g/mol. The van der Waals surface area contributed by atoms with Gasteiger partial charge in [0.15, 0.2) is 0 Å². The Morgan fingerprint density at radius 2 is 1.68 bits per heavy atom. The minimum absolute atomic E-state index is 0.0203. The molecule has 1 heterocycles. The predicted molar refractivity (Wildman–Crippen MR) is 138 cm³/mol. The number of nitrogens with zero attached hydrogens (tertiary/aromatic N) is 3.